The van der Waals surface area contributed by atoms with Crippen molar-refractivity contribution in [3.63, 3.8) is 0 Å². The van der Waals surface area contributed by atoms with E-state index in [-0.39, 0.29) is 12.0 Å². The first-order valence-corrected chi connectivity index (χ1v) is 8.29. The van der Waals surface area contributed by atoms with Crippen molar-refractivity contribution in [2.24, 2.45) is 13.0 Å². The summed E-state index contributed by atoms with van der Waals surface area (Å²) in [5.74, 6) is 0.399. The number of amides is 1. The highest BCUT2D eigenvalue weighted by atomic mass is 16.5. The molecular formula is C18H24N4O2. The van der Waals surface area contributed by atoms with Crippen LogP contribution in [-0.2, 0) is 18.3 Å². The maximum Gasteiger partial charge on any atom is 0.251 e. The molecule has 2 heterocycles. The van der Waals surface area contributed by atoms with Gasteiger partial charge in [-0.1, -0.05) is 12.1 Å². The highest BCUT2D eigenvalue weighted by molar-refractivity contribution is 5.93. The zero-order chi connectivity index (χ0) is 16.9. The quantitative estimate of drug-likeness (QED) is 0.846. The third kappa shape index (κ3) is 3.83. The largest absolute Gasteiger partial charge is 0.373 e. The minimum absolute atomic E-state index is 0.0584. The molecule has 6 heteroatoms. The van der Waals surface area contributed by atoms with Gasteiger partial charge in [-0.05, 0) is 24.1 Å². The number of nitrogens with one attached hydrogen (secondary N) is 2. The number of carbonyl (C=O) groups is 1. The van der Waals surface area contributed by atoms with Crippen LogP contribution in [0.4, 0.5) is 0 Å². The lowest BCUT2D eigenvalue weighted by atomic mass is 9.97. The molecule has 1 amide bonds. The van der Waals surface area contributed by atoms with Crippen LogP contribution in [0, 0.1) is 5.92 Å². The maximum absolute atomic E-state index is 11.5. The Morgan fingerprint density at radius 1 is 1.38 bits per heavy atom. The molecule has 2 aromatic rings. The molecule has 0 radical (unpaired) electrons. The molecule has 2 atom stereocenters. The van der Waals surface area contributed by atoms with E-state index >= 15 is 0 Å². The van der Waals surface area contributed by atoms with Gasteiger partial charge in [0.25, 0.3) is 5.91 Å². The normalized spacial score (nSPS) is 20.2. The summed E-state index contributed by atoms with van der Waals surface area (Å²) >= 11 is 0. The number of ether oxygens (including phenoxy) is 1. The number of aromatic nitrogens is 2. The summed E-state index contributed by atoms with van der Waals surface area (Å²) in [6.45, 7) is 2.48. The van der Waals surface area contributed by atoms with E-state index in [1.807, 2.05) is 48.4 Å². The van der Waals surface area contributed by atoms with Gasteiger partial charge < -0.3 is 15.4 Å². The van der Waals surface area contributed by atoms with Crippen LogP contribution in [0.15, 0.2) is 36.7 Å². The molecule has 6 nitrogen and oxygen atoms in total. The van der Waals surface area contributed by atoms with Crippen LogP contribution >= 0.6 is 0 Å². The second-order valence-corrected chi connectivity index (χ2v) is 6.19. The van der Waals surface area contributed by atoms with Gasteiger partial charge in [0.15, 0.2) is 0 Å². The Balaban J connectivity index is 1.51. The van der Waals surface area contributed by atoms with E-state index in [4.69, 9.17) is 4.74 Å². The SMILES string of the molecule is CNC(=O)c1ccc(CNC[C@H]2CCO[C@@H]2c2cnn(C)c2)cc1. The molecule has 0 spiro atoms. The van der Waals surface area contributed by atoms with E-state index in [2.05, 4.69) is 15.7 Å². The van der Waals surface area contributed by atoms with Crippen molar-refractivity contribution in [2.45, 2.75) is 19.1 Å². The smallest absolute Gasteiger partial charge is 0.251 e. The zero-order valence-corrected chi connectivity index (χ0v) is 14.2. The number of nitrogens with zero attached hydrogens (tertiary/aromatic N) is 2. The Morgan fingerprint density at radius 2 is 2.17 bits per heavy atom. The first-order chi connectivity index (χ1) is 11.7. The molecule has 0 unspecified atom stereocenters. The average molecular weight is 328 g/mol. The van der Waals surface area contributed by atoms with Gasteiger partial charge in [-0.3, -0.25) is 9.48 Å². The molecule has 2 N–H and O–H groups in total. The van der Waals surface area contributed by atoms with Gasteiger partial charge in [0.05, 0.1) is 12.3 Å². The molecule has 0 saturated carbocycles. The maximum atomic E-state index is 11.5. The third-order valence-electron chi connectivity index (χ3n) is 4.45. The van der Waals surface area contributed by atoms with Crippen molar-refractivity contribution in [3.05, 3.63) is 53.3 Å². The standard InChI is InChI=1S/C18H24N4O2/c1-19-18(23)14-5-3-13(4-6-14)9-20-10-15-7-8-24-17(15)16-11-21-22(2)12-16/h3-6,11-12,15,17,20H,7-10H2,1-2H3,(H,19,23)/t15-,17+/m1/s1. The summed E-state index contributed by atoms with van der Waals surface area (Å²) in [6, 6.07) is 7.68. The molecule has 1 aliphatic heterocycles. The van der Waals surface area contributed by atoms with E-state index in [1.54, 1.807) is 7.05 Å². The molecule has 1 saturated heterocycles. The number of benzene rings is 1. The molecule has 0 bridgehead atoms. The zero-order valence-electron chi connectivity index (χ0n) is 14.2. The third-order valence-corrected chi connectivity index (χ3v) is 4.45. The van der Waals surface area contributed by atoms with Crippen molar-refractivity contribution in [1.29, 1.82) is 0 Å². The predicted molar refractivity (Wildman–Crippen MR) is 91.5 cm³/mol. The molecule has 1 fully saturated rings. The molecule has 1 aromatic carbocycles. The Labute approximate surface area is 142 Å². The van der Waals surface area contributed by atoms with Gasteiger partial charge in [0, 0.05) is 57.0 Å². The molecule has 128 valence electrons. The summed E-state index contributed by atoms with van der Waals surface area (Å²) in [5.41, 5.74) is 3.00. The number of hydrogen-bond acceptors (Lipinski definition) is 4. The number of rotatable bonds is 6. The van der Waals surface area contributed by atoms with Gasteiger partial charge >= 0.3 is 0 Å². The average Bonchev–Trinajstić information content (AvgIpc) is 3.23. The predicted octanol–water partition coefficient (Wildman–Crippen LogP) is 1.65. The molecular weight excluding hydrogens is 304 g/mol. The van der Waals surface area contributed by atoms with Gasteiger partial charge in [-0.15, -0.1) is 0 Å². The van der Waals surface area contributed by atoms with Crippen LogP contribution in [0.1, 0.15) is 34.0 Å². The second kappa shape index (κ2) is 7.59. The highest BCUT2D eigenvalue weighted by Crippen LogP contribution is 2.33. The Kier molecular flexibility index (Phi) is 5.27. The van der Waals surface area contributed by atoms with Crippen LogP contribution in [0.5, 0.6) is 0 Å². The Morgan fingerprint density at radius 3 is 2.83 bits per heavy atom. The lowest BCUT2D eigenvalue weighted by Crippen LogP contribution is -2.24. The minimum atomic E-state index is -0.0584. The minimum Gasteiger partial charge on any atom is -0.373 e. The summed E-state index contributed by atoms with van der Waals surface area (Å²) in [6.07, 6.45) is 5.10. The molecule has 3 rings (SSSR count). The van der Waals surface area contributed by atoms with E-state index in [1.165, 1.54) is 5.56 Å². The lowest BCUT2D eigenvalue weighted by Gasteiger charge is -2.18. The summed E-state index contributed by atoms with van der Waals surface area (Å²) in [5, 5.41) is 10.4. The second-order valence-electron chi connectivity index (χ2n) is 6.19. The summed E-state index contributed by atoms with van der Waals surface area (Å²) < 4.78 is 7.70. The van der Waals surface area contributed by atoms with Crippen molar-refractivity contribution in [1.82, 2.24) is 20.4 Å². The summed E-state index contributed by atoms with van der Waals surface area (Å²) in [7, 11) is 3.56. The van der Waals surface area contributed by atoms with Crippen molar-refractivity contribution in [3.8, 4) is 0 Å². The summed E-state index contributed by atoms with van der Waals surface area (Å²) in [4.78, 5) is 11.5. The van der Waals surface area contributed by atoms with E-state index in [0.29, 0.717) is 11.5 Å². The first-order valence-electron chi connectivity index (χ1n) is 8.29. The topological polar surface area (TPSA) is 68.2 Å². The molecule has 1 aliphatic rings. The molecule has 1 aromatic heterocycles. The van der Waals surface area contributed by atoms with E-state index in [0.717, 1.165) is 31.7 Å². The lowest BCUT2D eigenvalue weighted by molar-refractivity contribution is 0.0904. The Hall–Kier alpha value is -2.18. The number of aryl methyl sites for hydroxylation is 1. The van der Waals surface area contributed by atoms with Gasteiger partial charge in [-0.2, -0.15) is 5.10 Å². The number of hydrogen-bond donors (Lipinski definition) is 2. The van der Waals surface area contributed by atoms with E-state index in [9.17, 15) is 4.79 Å². The van der Waals surface area contributed by atoms with Crippen molar-refractivity contribution >= 4 is 5.91 Å². The Bertz CT molecular complexity index is 681. The van der Waals surface area contributed by atoms with Crippen LogP contribution in [0.2, 0.25) is 0 Å². The molecule has 0 aliphatic carbocycles. The van der Waals surface area contributed by atoms with Crippen LogP contribution in [-0.4, -0.2) is 35.9 Å². The monoisotopic (exact) mass is 328 g/mol. The highest BCUT2D eigenvalue weighted by Gasteiger charge is 2.30. The van der Waals surface area contributed by atoms with Gasteiger partial charge in [0.1, 0.15) is 0 Å². The number of carbonyl (C=O) groups excluding carboxylic acids is 1. The van der Waals surface area contributed by atoms with Gasteiger partial charge in [0.2, 0.25) is 0 Å². The van der Waals surface area contributed by atoms with E-state index < -0.39 is 0 Å². The molecule has 24 heavy (non-hydrogen) atoms. The fourth-order valence-corrected chi connectivity index (χ4v) is 3.12. The van der Waals surface area contributed by atoms with Crippen LogP contribution < -0.4 is 10.6 Å². The first kappa shape index (κ1) is 16.7. The van der Waals surface area contributed by atoms with Crippen molar-refractivity contribution < 1.29 is 9.53 Å². The van der Waals surface area contributed by atoms with Gasteiger partial charge in [-0.25, -0.2) is 0 Å². The van der Waals surface area contributed by atoms with Crippen molar-refractivity contribution in [2.75, 3.05) is 20.2 Å². The fourth-order valence-electron chi connectivity index (χ4n) is 3.12. The fraction of sp³-hybridized carbons (Fsp3) is 0.444. The van der Waals surface area contributed by atoms with Crippen LogP contribution in [0.25, 0.3) is 0 Å². The van der Waals surface area contributed by atoms with Crippen LogP contribution in [0.3, 0.4) is 0 Å².